The predicted molar refractivity (Wildman–Crippen MR) is 66.8 cm³/mol. The number of thioether (sulfide) groups is 1. The summed E-state index contributed by atoms with van der Waals surface area (Å²) in [6, 6.07) is 0. The second-order valence-corrected chi connectivity index (χ2v) is 4.50. The van der Waals surface area contributed by atoms with Crippen LogP contribution in [0.5, 0.6) is 0 Å². The summed E-state index contributed by atoms with van der Waals surface area (Å²) in [5.74, 6) is 1.62. The molecule has 1 aromatic heterocycles. The number of ether oxygens (including phenoxy) is 1. The maximum atomic E-state index is 8.56. The molecule has 3 N–H and O–H groups in total. The molecule has 98 valence electrons. The van der Waals surface area contributed by atoms with Gasteiger partial charge in [0.25, 0.3) is 0 Å². The van der Waals surface area contributed by atoms with Crippen molar-refractivity contribution in [3.05, 3.63) is 5.82 Å². The predicted octanol–water partition coefficient (Wildman–Crippen LogP) is 0.248. The first kappa shape index (κ1) is 14.4. The molecular formula is C10H20N4O2S. The minimum absolute atomic E-state index is 0.0635. The second kappa shape index (κ2) is 8.46. The van der Waals surface area contributed by atoms with Crippen LogP contribution in [0.1, 0.15) is 19.2 Å². The number of aromatic nitrogens is 3. The van der Waals surface area contributed by atoms with E-state index < -0.39 is 0 Å². The average Bonchev–Trinajstić information content (AvgIpc) is 2.72. The van der Waals surface area contributed by atoms with Crippen molar-refractivity contribution in [3.63, 3.8) is 0 Å². The third-order valence-corrected chi connectivity index (χ3v) is 3.05. The average molecular weight is 260 g/mol. The van der Waals surface area contributed by atoms with Crippen LogP contribution < -0.4 is 5.73 Å². The topological polar surface area (TPSA) is 86.2 Å². The van der Waals surface area contributed by atoms with Crippen LogP contribution in [-0.4, -0.2) is 45.4 Å². The van der Waals surface area contributed by atoms with Crippen molar-refractivity contribution >= 4 is 11.8 Å². The van der Waals surface area contributed by atoms with Gasteiger partial charge >= 0.3 is 0 Å². The SMILES string of the molecule is CCCn1c(CN)nnc1SCCOCCO. The highest BCUT2D eigenvalue weighted by Gasteiger charge is 2.10. The fraction of sp³-hybridized carbons (Fsp3) is 0.800. The third-order valence-electron chi connectivity index (χ3n) is 2.12. The molecule has 7 heteroatoms. The monoisotopic (exact) mass is 260 g/mol. The second-order valence-electron chi connectivity index (χ2n) is 3.44. The standard InChI is InChI=1S/C10H20N4O2S/c1-2-3-14-9(8-11)12-13-10(14)17-7-6-16-5-4-15/h15H,2-8,11H2,1H3. The van der Waals surface area contributed by atoms with Gasteiger partial charge in [-0.05, 0) is 6.42 Å². The zero-order chi connectivity index (χ0) is 12.5. The van der Waals surface area contributed by atoms with E-state index in [1.54, 1.807) is 11.8 Å². The summed E-state index contributed by atoms with van der Waals surface area (Å²) in [5.41, 5.74) is 5.60. The number of aliphatic hydroxyl groups is 1. The Morgan fingerprint density at radius 1 is 1.41 bits per heavy atom. The van der Waals surface area contributed by atoms with Crippen LogP contribution >= 0.6 is 11.8 Å². The molecular weight excluding hydrogens is 240 g/mol. The highest BCUT2D eigenvalue weighted by atomic mass is 32.2. The first-order valence-corrected chi connectivity index (χ1v) is 6.75. The number of rotatable bonds is 9. The molecule has 1 heterocycles. The normalized spacial score (nSPS) is 11.0. The van der Waals surface area contributed by atoms with E-state index in [1.165, 1.54) is 0 Å². The van der Waals surface area contributed by atoms with Crippen LogP contribution in [0.2, 0.25) is 0 Å². The lowest BCUT2D eigenvalue weighted by Gasteiger charge is -2.07. The molecule has 1 aromatic rings. The summed E-state index contributed by atoms with van der Waals surface area (Å²) in [7, 11) is 0. The molecule has 0 amide bonds. The minimum Gasteiger partial charge on any atom is -0.394 e. The van der Waals surface area contributed by atoms with Gasteiger partial charge in [0.1, 0.15) is 5.82 Å². The fourth-order valence-electron chi connectivity index (χ4n) is 1.38. The lowest BCUT2D eigenvalue weighted by atomic mass is 10.4. The molecule has 0 fully saturated rings. The van der Waals surface area contributed by atoms with Crippen LogP contribution in [0.4, 0.5) is 0 Å². The molecule has 0 aliphatic heterocycles. The molecule has 0 saturated heterocycles. The zero-order valence-corrected chi connectivity index (χ0v) is 10.9. The van der Waals surface area contributed by atoms with E-state index in [-0.39, 0.29) is 6.61 Å². The van der Waals surface area contributed by atoms with Crippen molar-refractivity contribution in [2.24, 2.45) is 5.73 Å². The highest BCUT2D eigenvalue weighted by molar-refractivity contribution is 7.99. The van der Waals surface area contributed by atoms with Gasteiger partial charge in [-0.1, -0.05) is 18.7 Å². The van der Waals surface area contributed by atoms with Crippen LogP contribution in [0.15, 0.2) is 5.16 Å². The van der Waals surface area contributed by atoms with Gasteiger partial charge in [-0.2, -0.15) is 0 Å². The van der Waals surface area contributed by atoms with E-state index in [0.29, 0.717) is 19.8 Å². The number of aliphatic hydroxyl groups excluding tert-OH is 1. The number of hydrogen-bond acceptors (Lipinski definition) is 6. The molecule has 1 rings (SSSR count). The van der Waals surface area contributed by atoms with E-state index >= 15 is 0 Å². The Kier molecular flexibility index (Phi) is 7.18. The highest BCUT2D eigenvalue weighted by Crippen LogP contribution is 2.17. The first-order valence-electron chi connectivity index (χ1n) is 5.77. The molecule has 0 bridgehead atoms. The van der Waals surface area contributed by atoms with Crippen molar-refractivity contribution < 1.29 is 9.84 Å². The van der Waals surface area contributed by atoms with Gasteiger partial charge in [0.05, 0.1) is 26.4 Å². The molecule has 0 radical (unpaired) electrons. The van der Waals surface area contributed by atoms with E-state index in [4.69, 9.17) is 15.6 Å². The summed E-state index contributed by atoms with van der Waals surface area (Å²) in [4.78, 5) is 0. The summed E-state index contributed by atoms with van der Waals surface area (Å²) in [6.45, 7) is 4.46. The van der Waals surface area contributed by atoms with Crippen LogP contribution in [-0.2, 0) is 17.8 Å². The summed E-state index contributed by atoms with van der Waals surface area (Å²) in [6.07, 6.45) is 1.03. The van der Waals surface area contributed by atoms with Gasteiger partial charge in [0, 0.05) is 12.3 Å². The van der Waals surface area contributed by atoms with Gasteiger partial charge in [-0.25, -0.2) is 0 Å². The van der Waals surface area contributed by atoms with E-state index in [0.717, 1.165) is 29.7 Å². The number of nitrogens with zero attached hydrogens (tertiary/aromatic N) is 3. The summed E-state index contributed by atoms with van der Waals surface area (Å²) < 4.78 is 7.24. The first-order chi connectivity index (χ1) is 8.33. The van der Waals surface area contributed by atoms with Crippen LogP contribution in [0.3, 0.4) is 0 Å². The Labute approximate surface area is 106 Å². The van der Waals surface area contributed by atoms with Gasteiger partial charge in [0.15, 0.2) is 5.16 Å². The van der Waals surface area contributed by atoms with Gasteiger partial charge in [-0.15, -0.1) is 10.2 Å². The minimum atomic E-state index is 0.0635. The van der Waals surface area contributed by atoms with Crippen LogP contribution in [0.25, 0.3) is 0 Å². The van der Waals surface area contributed by atoms with E-state index in [1.807, 2.05) is 0 Å². The lowest BCUT2D eigenvalue weighted by Crippen LogP contribution is -2.09. The van der Waals surface area contributed by atoms with Crippen molar-refractivity contribution in [3.8, 4) is 0 Å². The molecule has 0 aromatic carbocycles. The zero-order valence-electron chi connectivity index (χ0n) is 10.1. The van der Waals surface area contributed by atoms with Crippen molar-refractivity contribution in [2.45, 2.75) is 31.6 Å². The smallest absolute Gasteiger partial charge is 0.191 e. The molecule has 0 aliphatic rings. The Bertz CT molecular complexity index is 319. The maximum Gasteiger partial charge on any atom is 0.191 e. The van der Waals surface area contributed by atoms with Gasteiger partial charge in [-0.3, -0.25) is 0 Å². The number of nitrogens with two attached hydrogens (primary N) is 1. The molecule has 0 spiro atoms. The van der Waals surface area contributed by atoms with Crippen molar-refractivity contribution in [1.82, 2.24) is 14.8 Å². The quantitative estimate of drug-likeness (QED) is 0.489. The van der Waals surface area contributed by atoms with Crippen molar-refractivity contribution in [2.75, 3.05) is 25.6 Å². The molecule has 0 unspecified atom stereocenters. The largest absolute Gasteiger partial charge is 0.394 e. The molecule has 0 aliphatic carbocycles. The lowest BCUT2D eigenvalue weighted by molar-refractivity contribution is 0.103. The Morgan fingerprint density at radius 2 is 2.24 bits per heavy atom. The Hall–Kier alpha value is -0.630. The van der Waals surface area contributed by atoms with Gasteiger partial charge in [0.2, 0.25) is 0 Å². The van der Waals surface area contributed by atoms with Crippen molar-refractivity contribution in [1.29, 1.82) is 0 Å². The fourth-order valence-corrected chi connectivity index (χ4v) is 2.22. The number of hydrogen-bond donors (Lipinski definition) is 2. The molecule has 17 heavy (non-hydrogen) atoms. The molecule has 0 saturated carbocycles. The Balaban J connectivity index is 2.43. The van der Waals surface area contributed by atoms with Gasteiger partial charge < -0.3 is 20.1 Å². The maximum absolute atomic E-state index is 8.56. The third kappa shape index (κ3) is 4.63. The summed E-state index contributed by atoms with van der Waals surface area (Å²) in [5, 5.41) is 17.6. The molecule has 0 atom stereocenters. The van der Waals surface area contributed by atoms with E-state index in [2.05, 4.69) is 21.7 Å². The van der Waals surface area contributed by atoms with Crippen LogP contribution in [0, 0.1) is 0 Å². The summed E-state index contributed by atoms with van der Waals surface area (Å²) >= 11 is 1.60. The Morgan fingerprint density at radius 3 is 2.88 bits per heavy atom. The van der Waals surface area contributed by atoms with E-state index in [9.17, 15) is 0 Å². The molecule has 6 nitrogen and oxygen atoms in total.